The fourth-order valence-corrected chi connectivity index (χ4v) is 3.27. The van der Waals surface area contributed by atoms with Gasteiger partial charge in [0.05, 0.1) is 6.54 Å². The summed E-state index contributed by atoms with van der Waals surface area (Å²) in [6.07, 6.45) is 1.60. The highest BCUT2D eigenvalue weighted by atomic mass is 16.2. The van der Waals surface area contributed by atoms with Gasteiger partial charge in [-0.05, 0) is 36.4 Å². The van der Waals surface area contributed by atoms with Crippen LogP contribution in [0.1, 0.15) is 10.4 Å². The first-order valence-electron chi connectivity index (χ1n) is 10.2. The van der Waals surface area contributed by atoms with Crippen LogP contribution in [0, 0.1) is 0 Å². The van der Waals surface area contributed by atoms with E-state index in [2.05, 4.69) is 39.6 Å². The highest BCUT2D eigenvalue weighted by Crippen LogP contribution is 2.15. The maximum absolute atomic E-state index is 12.4. The third-order valence-corrected chi connectivity index (χ3v) is 4.97. The van der Waals surface area contributed by atoms with Crippen LogP contribution in [0.3, 0.4) is 0 Å². The first kappa shape index (κ1) is 21.9. The summed E-state index contributed by atoms with van der Waals surface area (Å²) in [5.41, 5.74) is 2.16. The van der Waals surface area contributed by atoms with Crippen LogP contribution in [0.4, 0.5) is 16.2 Å². The van der Waals surface area contributed by atoms with Gasteiger partial charge >= 0.3 is 6.03 Å². The average molecular weight is 422 g/mol. The predicted octanol–water partition coefficient (Wildman–Crippen LogP) is 2.07. The quantitative estimate of drug-likeness (QED) is 0.597. The molecule has 2 aromatic carbocycles. The Hall–Kier alpha value is -3.81. The number of nitrogens with one attached hydrogen (secondary N) is 3. The SMILES string of the molecule is C=CCNC(=O)c1ccc(NC(=O)NCC(=O)N2CCN(c3ccccc3)CC2)cc1. The van der Waals surface area contributed by atoms with Crippen molar-refractivity contribution in [3.8, 4) is 0 Å². The first-order chi connectivity index (χ1) is 15.1. The summed E-state index contributed by atoms with van der Waals surface area (Å²) >= 11 is 0. The molecule has 0 unspecified atom stereocenters. The molecule has 0 radical (unpaired) electrons. The summed E-state index contributed by atoms with van der Waals surface area (Å²) in [5, 5.41) is 7.94. The van der Waals surface area contributed by atoms with Crippen LogP contribution >= 0.6 is 0 Å². The van der Waals surface area contributed by atoms with E-state index in [1.807, 2.05) is 18.2 Å². The van der Waals surface area contributed by atoms with E-state index >= 15 is 0 Å². The van der Waals surface area contributed by atoms with Crippen LogP contribution in [0.25, 0.3) is 0 Å². The molecule has 8 heteroatoms. The van der Waals surface area contributed by atoms with Crippen LogP contribution in [-0.2, 0) is 4.79 Å². The van der Waals surface area contributed by atoms with Gasteiger partial charge in [-0.3, -0.25) is 9.59 Å². The first-order valence-corrected chi connectivity index (χ1v) is 10.2. The number of benzene rings is 2. The second kappa shape index (κ2) is 10.8. The van der Waals surface area contributed by atoms with Crippen molar-refractivity contribution in [1.29, 1.82) is 0 Å². The van der Waals surface area contributed by atoms with Gasteiger partial charge in [-0.1, -0.05) is 24.3 Å². The molecule has 2 aromatic rings. The summed E-state index contributed by atoms with van der Waals surface area (Å²) in [7, 11) is 0. The van der Waals surface area contributed by atoms with Crippen LogP contribution in [0.15, 0.2) is 67.3 Å². The Kier molecular flexibility index (Phi) is 7.64. The number of amides is 4. The fourth-order valence-electron chi connectivity index (χ4n) is 3.27. The standard InChI is InChI=1S/C23H27N5O3/c1-2-12-24-22(30)18-8-10-19(11-9-18)26-23(31)25-17-21(29)28-15-13-27(14-16-28)20-6-4-3-5-7-20/h2-11H,1,12-17H2,(H,24,30)(H2,25,26,31). The normalized spacial score (nSPS) is 13.3. The summed E-state index contributed by atoms with van der Waals surface area (Å²) in [4.78, 5) is 40.4. The van der Waals surface area contributed by atoms with E-state index in [0.29, 0.717) is 30.9 Å². The Morgan fingerprint density at radius 3 is 2.23 bits per heavy atom. The van der Waals surface area contributed by atoms with Crippen molar-refractivity contribution < 1.29 is 14.4 Å². The number of carbonyl (C=O) groups excluding carboxylic acids is 3. The molecule has 0 atom stereocenters. The molecule has 1 fully saturated rings. The zero-order valence-electron chi connectivity index (χ0n) is 17.3. The van der Waals surface area contributed by atoms with Crippen LogP contribution in [0.2, 0.25) is 0 Å². The lowest BCUT2D eigenvalue weighted by atomic mass is 10.2. The van der Waals surface area contributed by atoms with Gasteiger partial charge in [0, 0.05) is 49.7 Å². The van der Waals surface area contributed by atoms with Crippen molar-refractivity contribution in [2.24, 2.45) is 0 Å². The number of rotatable bonds is 7. The molecule has 1 aliphatic rings. The minimum atomic E-state index is -0.472. The molecule has 31 heavy (non-hydrogen) atoms. The van der Waals surface area contributed by atoms with E-state index in [1.165, 1.54) is 0 Å². The van der Waals surface area contributed by atoms with Crippen molar-refractivity contribution in [2.75, 3.05) is 49.5 Å². The number of piperazine rings is 1. The molecule has 1 aliphatic heterocycles. The number of nitrogens with zero attached hydrogens (tertiary/aromatic N) is 2. The monoisotopic (exact) mass is 421 g/mol. The minimum Gasteiger partial charge on any atom is -0.368 e. The summed E-state index contributed by atoms with van der Waals surface area (Å²) in [6.45, 7) is 6.62. The Morgan fingerprint density at radius 1 is 0.903 bits per heavy atom. The Labute approximate surface area is 181 Å². The fraction of sp³-hybridized carbons (Fsp3) is 0.261. The lowest BCUT2D eigenvalue weighted by Crippen LogP contribution is -2.51. The van der Waals surface area contributed by atoms with Crippen molar-refractivity contribution in [3.05, 3.63) is 72.8 Å². The van der Waals surface area contributed by atoms with Gasteiger partial charge in [0.1, 0.15) is 0 Å². The molecular formula is C23H27N5O3. The second-order valence-corrected chi connectivity index (χ2v) is 7.09. The van der Waals surface area contributed by atoms with Crippen LogP contribution < -0.4 is 20.9 Å². The van der Waals surface area contributed by atoms with Gasteiger partial charge in [0.25, 0.3) is 5.91 Å². The predicted molar refractivity (Wildman–Crippen MR) is 121 cm³/mol. The number of urea groups is 1. The van der Waals surface area contributed by atoms with Crippen molar-refractivity contribution in [2.45, 2.75) is 0 Å². The van der Waals surface area contributed by atoms with Gasteiger partial charge < -0.3 is 25.8 Å². The number of hydrogen-bond acceptors (Lipinski definition) is 4. The molecule has 162 valence electrons. The molecule has 1 heterocycles. The van der Waals surface area contributed by atoms with E-state index in [4.69, 9.17) is 0 Å². The van der Waals surface area contributed by atoms with Gasteiger partial charge in [-0.25, -0.2) is 4.79 Å². The van der Waals surface area contributed by atoms with Gasteiger partial charge in [-0.15, -0.1) is 6.58 Å². The molecule has 0 saturated carbocycles. The van der Waals surface area contributed by atoms with Crippen molar-refractivity contribution in [1.82, 2.24) is 15.5 Å². The molecule has 0 aliphatic carbocycles. The molecule has 0 bridgehead atoms. The Bertz CT molecular complexity index is 907. The molecule has 8 nitrogen and oxygen atoms in total. The molecule has 0 aromatic heterocycles. The molecule has 4 amide bonds. The third kappa shape index (κ3) is 6.33. The van der Waals surface area contributed by atoms with E-state index in [9.17, 15) is 14.4 Å². The Morgan fingerprint density at radius 2 is 1.58 bits per heavy atom. The maximum atomic E-state index is 12.4. The van der Waals surface area contributed by atoms with Gasteiger partial charge in [0.2, 0.25) is 5.91 Å². The summed E-state index contributed by atoms with van der Waals surface area (Å²) in [6, 6.07) is 16.1. The number of anilines is 2. The lowest BCUT2D eigenvalue weighted by molar-refractivity contribution is -0.130. The molecule has 3 N–H and O–H groups in total. The Balaban J connectivity index is 1.40. The van der Waals surface area contributed by atoms with Crippen molar-refractivity contribution in [3.63, 3.8) is 0 Å². The minimum absolute atomic E-state index is 0.0702. The van der Waals surface area contributed by atoms with E-state index < -0.39 is 6.03 Å². The molecule has 3 rings (SSSR count). The van der Waals surface area contributed by atoms with E-state index in [-0.39, 0.29) is 18.4 Å². The lowest BCUT2D eigenvalue weighted by Gasteiger charge is -2.36. The van der Waals surface area contributed by atoms with E-state index in [0.717, 1.165) is 18.8 Å². The second-order valence-electron chi connectivity index (χ2n) is 7.09. The van der Waals surface area contributed by atoms with Crippen LogP contribution in [0.5, 0.6) is 0 Å². The maximum Gasteiger partial charge on any atom is 0.319 e. The zero-order chi connectivity index (χ0) is 22.1. The smallest absolute Gasteiger partial charge is 0.319 e. The number of carbonyl (C=O) groups is 3. The van der Waals surface area contributed by atoms with Gasteiger partial charge in [0.15, 0.2) is 0 Å². The molecule has 0 spiro atoms. The van der Waals surface area contributed by atoms with Gasteiger partial charge in [-0.2, -0.15) is 0 Å². The third-order valence-electron chi connectivity index (χ3n) is 4.97. The molecular weight excluding hydrogens is 394 g/mol. The highest BCUT2D eigenvalue weighted by molar-refractivity contribution is 5.96. The molecule has 1 saturated heterocycles. The van der Waals surface area contributed by atoms with E-state index in [1.54, 1.807) is 35.2 Å². The topological polar surface area (TPSA) is 93.8 Å². The number of para-hydroxylation sites is 1. The summed E-state index contributed by atoms with van der Waals surface area (Å²) in [5.74, 6) is -0.328. The van der Waals surface area contributed by atoms with Crippen LogP contribution in [-0.4, -0.2) is 62.0 Å². The zero-order valence-corrected chi connectivity index (χ0v) is 17.3. The number of hydrogen-bond donors (Lipinski definition) is 3. The highest BCUT2D eigenvalue weighted by Gasteiger charge is 2.21. The average Bonchev–Trinajstić information content (AvgIpc) is 2.82. The summed E-state index contributed by atoms with van der Waals surface area (Å²) < 4.78 is 0. The largest absolute Gasteiger partial charge is 0.368 e. The van der Waals surface area contributed by atoms with Crippen molar-refractivity contribution >= 4 is 29.2 Å².